The molecular formula is C10H16N2. The van der Waals surface area contributed by atoms with E-state index in [1.807, 2.05) is 0 Å². The zero-order chi connectivity index (χ0) is 8.72. The third kappa shape index (κ3) is 1.07. The molecule has 0 radical (unpaired) electrons. The molecule has 2 heterocycles. The van der Waals surface area contributed by atoms with Crippen LogP contribution in [0.1, 0.15) is 29.9 Å². The highest BCUT2D eigenvalue weighted by Crippen LogP contribution is 2.27. The Hall–Kier alpha value is -0.760. The first kappa shape index (κ1) is 7.87. The second kappa shape index (κ2) is 2.63. The molecule has 0 saturated carbocycles. The Kier molecular flexibility index (Phi) is 1.72. The standard InChI is InChI=1S/C10H16N2/c1-4-12-7(2)5-9(8(12)3)10-6-11-10/h5,10-11H,4,6H2,1-3H3/t10-/m0/s1. The van der Waals surface area contributed by atoms with E-state index in [-0.39, 0.29) is 0 Å². The number of hydrogen-bond donors (Lipinski definition) is 1. The van der Waals surface area contributed by atoms with Gasteiger partial charge >= 0.3 is 0 Å². The molecule has 0 bridgehead atoms. The molecule has 0 amide bonds. The van der Waals surface area contributed by atoms with E-state index >= 15 is 0 Å². The van der Waals surface area contributed by atoms with Gasteiger partial charge in [0, 0.05) is 30.5 Å². The number of rotatable bonds is 2. The summed E-state index contributed by atoms with van der Waals surface area (Å²) >= 11 is 0. The van der Waals surface area contributed by atoms with E-state index in [2.05, 4.69) is 36.7 Å². The fourth-order valence-electron chi connectivity index (χ4n) is 1.95. The van der Waals surface area contributed by atoms with Gasteiger partial charge in [-0.3, -0.25) is 0 Å². The first-order chi connectivity index (χ1) is 5.74. The zero-order valence-electron chi connectivity index (χ0n) is 8.02. The van der Waals surface area contributed by atoms with Gasteiger partial charge in [-0.25, -0.2) is 0 Å². The van der Waals surface area contributed by atoms with Gasteiger partial charge in [0.1, 0.15) is 0 Å². The van der Waals surface area contributed by atoms with E-state index < -0.39 is 0 Å². The molecular weight excluding hydrogens is 148 g/mol. The average molecular weight is 164 g/mol. The Labute approximate surface area is 73.6 Å². The Morgan fingerprint density at radius 3 is 2.67 bits per heavy atom. The second-order valence-electron chi connectivity index (χ2n) is 3.53. The number of aromatic nitrogens is 1. The summed E-state index contributed by atoms with van der Waals surface area (Å²) in [5.41, 5.74) is 4.32. The molecule has 12 heavy (non-hydrogen) atoms. The van der Waals surface area contributed by atoms with Gasteiger partial charge in [0.2, 0.25) is 0 Å². The van der Waals surface area contributed by atoms with Crippen molar-refractivity contribution in [2.45, 2.75) is 33.4 Å². The lowest BCUT2D eigenvalue weighted by molar-refractivity contribution is 0.714. The van der Waals surface area contributed by atoms with Crippen molar-refractivity contribution >= 4 is 0 Å². The van der Waals surface area contributed by atoms with Crippen LogP contribution in [-0.2, 0) is 6.54 Å². The molecule has 0 aromatic carbocycles. The van der Waals surface area contributed by atoms with E-state index in [4.69, 9.17) is 0 Å². The van der Waals surface area contributed by atoms with E-state index in [1.165, 1.54) is 17.0 Å². The van der Waals surface area contributed by atoms with Crippen LogP contribution in [0.15, 0.2) is 6.07 Å². The van der Waals surface area contributed by atoms with E-state index in [9.17, 15) is 0 Å². The zero-order valence-corrected chi connectivity index (χ0v) is 8.02. The molecule has 1 N–H and O–H groups in total. The van der Waals surface area contributed by atoms with Crippen molar-refractivity contribution in [1.29, 1.82) is 0 Å². The largest absolute Gasteiger partial charge is 0.349 e. The summed E-state index contributed by atoms with van der Waals surface area (Å²) < 4.78 is 2.37. The molecule has 1 aromatic heterocycles. The molecule has 1 aromatic rings. The van der Waals surface area contributed by atoms with Crippen LogP contribution in [-0.4, -0.2) is 11.1 Å². The van der Waals surface area contributed by atoms with Crippen LogP contribution >= 0.6 is 0 Å². The topological polar surface area (TPSA) is 26.9 Å². The van der Waals surface area contributed by atoms with Crippen LogP contribution in [0, 0.1) is 13.8 Å². The van der Waals surface area contributed by atoms with Crippen molar-refractivity contribution in [3.05, 3.63) is 23.0 Å². The predicted molar refractivity (Wildman–Crippen MR) is 50.3 cm³/mol. The number of nitrogens with one attached hydrogen (secondary N) is 1. The fraction of sp³-hybridized carbons (Fsp3) is 0.600. The number of aryl methyl sites for hydroxylation is 1. The number of hydrogen-bond acceptors (Lipinski definition) is 1. The summed E-state index contributed by atoms with van der Waals surface area (Å²) in [4.78, 5) is 0. The van der Waals surface area contributed by atoms with Crippen molar-refractivity contribution in [3.8, 4) is 0 Å². The maximum absolute atomic E-state index is 3.34. The van der Waals surface area contributed by atoms with Crippen molar-refractivity contribution in [2.24, 2.45) is 0 Å². The van der Waals surface area contributed by atoms with Gasteiger partial charge < -0.3 is 9.88 Å². The summed E-state index contributed by atoms with van der Waals surface area (Å²) in [6.45, 7) is 8.84. The molecule has 2 rings (SSSR count). The SMILES string of the molecule is CCn1c(C)cc([C@@H]2CN2)c1C. The average Bonchev–Trinajstić information content (AvgIpc) is 2.80. The minimum Gasteiger partial charge on any atom is -0.349 e. The van der Waals surface area contributed by atoms with Gasteiger partial charge in [0.05, 0.1) is 0 Å². The highest BCUT2D eigenvalue weighted by molar-refractivity contribution is 5.32. The molecule has 66 valence electrons. The number of nitrogens with zero attached hydrogens (tertiary/aromatic N) is 1. The minimum atomic E-state index is 0.650. The van der Waals surface area contributed by atoms with Crippen LogP contribution < -0.4 is 5.32 Å². The quantitative estimate of drug-likeness (QED) is 0.663. The second-order valence-corrected chi connectivity index (χ2v) is 3.53. The Morgan fingerprint density at radius 2 is 2.25 bits per heavy atom. The predicted octanol–water partition coefficient (Wildman–Crippen LogP) is 1.77. The van der Waals surface area contributed by atoms with Crippen molar-refractivity contribution in [1.82, 2.24) is 9.88 Å². The van der Waals surface area contributed by atoms with Crippen LogP contribution in [0.2, 0.25) is 0 Å². The lowest BCUT2D eigenvalue weighted by Gasteiger charge is -2.04. The summed E-state index contributed by atoms with van der Waals surface area (Å²) in [6, 6.07) is 2.96. The Morgan fingerprint density at radius 1 is 1.58 bits per heavy atom. The molecule has 1 fully saturated rings. The van der Waals surface area contributed by atoms with Gasteiger partial charge in [0.15, 0.2) is 0 Å². The Bertz CT molecular complexity index is 295. The van der Waals surface area contributed by atoms with Gasteiger partial charge in [0.25, 0.3) is 0 Å². The van der Waals surface area contributed by atoms with Crippen LogP contribution in [0.4, 0.5) is 0 Å². The van der Waals surface area contributed by atoms with Crippen LogP contribution in [0.5, 0.6) is 0 Å². The molecule has 1 aliphatic heterocycles. The fourth-order valence-corrected chi connectivity index (χ4v) is 1.95. The van der Waals surface area contributed by atoms with Crippen molar-refractivity contribution in [3.63, 3.8) is 0 Å². The summed E-state index contributed by atoms with van der Waals surface area (Å²) in [5.74, 6) is 0. The first-order valence-corrected chi connectivity index (χ1v) is 4.64. The Balaban J connectivity index is 2.42. The van der Waals surface area contributed by atoms with Gasteiger partial charge in [-0.2, -0.15) is 0 Å². The molecule has 1 aliphatic rings. The van der Waals surface area contributed by atoms with Gasteiger partial charge in [-0.15, -0.1) is 0 Å². The molecule has 0 aliphatic carbocycles. The minimum absolute atomic E-state index is 0.650. The van der Waals surface area contributed by atoms with Crippen molar-refractivity contribution in [2.75, 3.05) is 6.54 Å². The normalized spacial score (nSPS) is 21.4. The van der Waals surface area contributed by atoms with E-state index in [0.29, 0.717) is 6.04 Å². The summed E-state index contributed by atoms with van der Waals surface area (Å²) in [6.07, 6.45) is 0. The highest BCUT2D eigenvalue weighted by atomic mass is 15.1. The third-order valence-corrected chi connectivity index (χ3v) is 2.71. The third-order valence-electron chi connectivity index (χ3n) is 2.71. The molecule has 2 nitrogen and oxygen atoms in total. The molecule has 2 heteroatoms. The maximum atomic E-state index is 3.34. The lowest BCUT2D eigenvalue weighted by atomic mass is 10.2. The molecule has 1 saturated heterocycles. The monoisotopic (exact) mass is 164 g/mol. The van der Waals surface area contributed by atoms with E-state index in [0.717, 1.165) is 13.1 Å². The van der Waals surface area contributed by atoms with E-state index in [1.54, 1.807) is 0 Å². The van der Waals surface area contributed by atoms with Gasteiger partial charge in [-0.05, 0) is 32.4 Å². The van der Waals surface area contributed by atoms with Gasteiger partial charge in [-0.1, -0.05) is 0 Å². The van der Waals surface area contributed by atoms with Crippen molar-refractivity contribution < 1.29 is 0 Å². The summed E-state index contributed by atoms with van der Waals surface area (Å²) in [7, 11) is 0. The molecule has 0 spiro atoms. The smallest absolute Gasteiger partial charge is 0.0465 e. The van der Waals surface area contributed by atoms with Crippen LogP contribution in [0.3, 0.4) is 0 Å². The summed E-state index contributed by atoms with van der Waals surface area (Å²) in [5, 5.41) is 3.34. The highest BCUT2D eigenvalue weighted by Gasteiger charge is 2.26. The van der Waals surface area contributed by atoms with Crippen LogP contribution in [0.25, 0.3) is 0 Å². The maximum Gasteiger partial charge on any atom is 0.0465 e. The first-order valence-electron chi connectivity index (χ1n) is 4.64. The molecule has 1 atom stereocenters. The molecule has 0 unspecified atom stereocenters. The lowest BCUT2D eigenvalue weighted by Crippen LogP contribution is -1.99.